The van der Waals surface area contributed by atoms with Gasteiger partial charge in [-0.2, -0.15) is 0 Å². The highest BCUT2D eigenvalue weighted by molar-refractivity contribution is 6.33. The molecular weight excluding hydrogens is 302 g/mol. The van der Waals surface area contributed by atoms with Crippen LogP contribution in [0.3, 0.4) is 0 Å². The number of rotatable bonds is 1. The van der Waals surface area contributed by atoms with Crippen LogP contribution in [0.5, 0.6) is 0 Å². The Balaban J connectivity index is 2.11. The van der Waals surface area contributed by atoms with Crippen LogP contribution in [0.25, 0.3) is 33.5 Å². The highest BCUT2D eigenvalue weighted by atomic mass is 35.5. The van der Waals surface area contributed by atoms with Gasteiger partial charge in [0.05, 0.1) is 5.02 Å². The van der Waals surface area contributed by atoms with Crippen molar-refractivity contribution < 1.29 is 4.42 Å². The third-order valence-electron chi connectivity index (χ3n) is 3.48. The molecule has 0 spiro atoms. The molecule has 0 unspecified atom stereocenters. The minimum Gasteiger partial charge on any atom is -0.449 e. The molecule has 0 fully saturated rings. The number of nitrogen functional groups attached to an aromatic ring is 1. The lowest BCUT2D eigenvalue weighted by atomic mass is 10.2. The first-order valence-corrected chi connectivity index (χ1v) is 6.98. The van der Waals surface area contributed by atoms with E-state index >= 15 is 0 Å². The molecule has 5 nitrogen and oxygen atoms in total. The number of aromatic amines is 1. The molecule has 3 N–H and O–H groups in total. The van der Waals surface area contributed by atoms with E-state index in [0.29, 0.717) is 38.6 Å². The summed E-state index contributed by atoms with van der Waals surface area (Å²) in [5, 5.41) is 1.21. The molecule has 2 heterocycles. The van der Waals surface area contributed by atoms with Crippen LogP contribution in [0.2, 0.25) is 5.02 Å². The average molecular weight is 312 g/mol. The first kappa shape index (κ1) is 12.9. The maximum absolute atomic E-state index is 12.3. The summed E-state index contributed by atoms with van der Waals surface area (Å²) in [6, 6.07) is 12.4. The summed E-state index contributed by atoms with van der Waals surface area (Å²) in [5.41, 5.74) is 7.91. The molecule has 4 aromatic rings. The van der Waals surface area contributed by atoms with E-state index in [9.17, 15) is 4.79 Å². The number of nitrogens with two attached hydrogens (primary N) is 1. The highest BCUT2D eigenvalue weighted by Gasteiger charge is 2.15. The average Bonchev–Trinajstić information content (AvgIpc) is 2.86. The monoisotopic (exact) mass is 311 g/mol. The lowest BCUT2D eigenvalue weighted by molar-refractivity contribution is 0.661. The Bertz CT molecular complexity index is 1080. The molecule has 0 aliphatic heterocycles. The Morgan fingerprint density at radius 1 is 1.18 bits per heavy atom. The number of fused-ring (bicyclic) bond motifs is 3. The van der Waals surface area contributed by atoms with Crippen molar-refractivity contribution in [3.05, 3.63) is 57.8 Å². The van der Waals surface area contributed by atoms with Gasteiger partial charge in [-0.05, 0) is 30.3 Å². The predicted octanol–water partition coefficient (Wildman–Crippen LogP) is 3.57. The van der Waals surface area contributed by atoms with E-state index < -0.39 is 0 Å². The van der Waals surface area contributed by atoms with Gasteiger partial charge in [-0.15, -0.1) is 0 Å². The fourth-order valence-electron chi connectivity index (χ4n) is 2.45. The van der Waals surface area contributed by atoms with Crippen molar-refractivity contribution in [1.29, 1.82) is 0 Å². The van der Waals surface area contributed by atoms with E-state index in [0.717, 1.165) is 0 Å². The quantitative estimate of drug-likeness (QED) is 0.526. The van der Waals surface area contributed by atoms with Crippen LogP contribution in [0.15, 0.2) is 51.7 Å². The number of nitrogens with zero attached hydrogens (tertiary/aromatic N) is 1. The molecule has 0 atom stereocenters. The minimum atomic E-state index is -0.352. The summed E-state index contributed by atoms with van der Waals surface area (Å²) in [6.07, 6.45) is 0. The van der Waals surface area contributed by atoms with E-state index in [2.05, 4.69) is 9.97 Å². The Kier molecular flexibility index (Phi) is 2.71. The van der Waals surface area contributed by atoms with Crippen LogP contribution in [-0.2, 0) is 0 Å². The molecule has 0 aliphatic rings. The van der Waals surface area contributed by atoms with Crippen molar-refractivity contribution in [1.82, 2.24) is 9.97 Å². The minimum absolute atomic E-state index is 0.177. The van der Waals surface area contributed by atoms with E-state index in [1.54, 1.807) is 30.3 Å². The number of furan rings is 1. The maximum Gasteiger partial charge on any atom is 0.294 e. The van der Waals surface area contributed by atoms with Crippen molar-refractivity contribution in [2.45, 2.75) is 0 Å². The molecule has 22 heavy (non-hydrogen) atoms. The second kappa shape index (κ2) is 4.61. The fourth-order valence-corrected chi connectivity index (χ4v) is 2.68. The lowest BCUT2D eigenvalue weighted by Gasteiger charge is -2.02. The van der Waals surface area contributed by atoms with Crippen LogP contribution in [-0.4, -0.2) is 9.97 Å². The van der Waals surface area contributed by atoms with E-state index in [4.69, 9.17) is 21.8 Å². The zero-order valence-electron chi connectivity index (χ0n) is 11.3. The van der Waals surface area contributed by atoms with Gasteiger partial charge >= 0.3 is 0 Å². The van der Waals surface area contributed by atoms with Crippen LogP contribution in [0.4, 0.5) is 5.69 Å². The number of hydrogen-bond donors (Lipinski definition) is 2. The van der Waals surface area contributed by atoms with Gasteiger partial charge in [-0.25, -0.2) is 4.98 Å². The van der Waals surface area contributed by atoms with Crippen molar-refractivity contribution in [3.63, 3.8) is 0 Å². The second-order valence-corrected chi connectivity index (χ2v) is 5.34. The number of halogens is 1. The molecule has 0 radical (unpaired) electrons. The van der Waals surface area contributed by atoms with Gasteiger partial charge in [0, 0.05) is 16.6 Å². The topological polar surface area (TPSA) is 84.9 Å². The number of benzene rings is 2. The van der Waals surface area contributed by atoms with Gasteiger partial charge in [-0.1, -0.05) is 23.7 Å². The molecule has 108 valence electrons. The Morgan fingerprint density at radius 3 is 2.82 bits per heavy atom. The van der Waals surface area contributed by atoms with Gasteiger partial charge in [0.1, 0.15) is 16.9 Å². The summed E-state index contributed by atoms with van der Waals surface area (Å²) in [6.45, 7) is 0. The molecule has 0 saturated carbocycles. The smallest absolute Gasteiger partial charge is 0.294 e. The number of aromatic nitrogens is 2. The Hall–Kier alpha value is -2.79. The largest absolute Gasteiger partial charge is 0.449 e. The number of nitrogens with one attached hydrogen (secondary N) is 1. The van der Waals surface area contributed by atoms with Crippen molar-refractivity contribution in [3.8, 4) is 11.4 Å². The van der Waals surface area contributed by atoms with Crippen molar-refractivity contribution in [2.75, 3.05) is 5.73 Å². The standard InChI is InChI=1S/C16H10ClN3O2/c17-11-4-2-1-3-9(11)15-19-13-10-7-8(18)5-6-12(10)22-14(13)16(21)20-15/h1-7H,18H2,(H,19,20,21). The molecule has 0 aliphatic carbocycles. The summed E-state index contributed by atoms with van der Waals surface area (Å²) in [4.78, 5) is 19.5. The van der Waals surface area contributed by atoms with Crippen LogP contribution >= 0.6 is 11.6 Å². The van der Waals surface area contributed by atoms with E-state index in [-0.39, 0.29) is 11.1 Å². The van der Waals surface area contributed by atoms with E-state index in [1.165, 1.54) is 0 Å². The highest BCUT2D eigenvalue weighted by Crippen LogP contribution is 2.29. The van der Waals surface area contributed by atoms with Gasteiger partial charge in [0.25, 0.3) is 5.56 Å². The normalized spacial score (nSPS) is 11.3. The van der Waals surface area contributed by atoms with E-state index in [1.807, 2.05) is 12.1 Å². The van der Waals surface area contributed by atoms with Crippen LogP contribution in [0.1, 0.15) is 0 Å². The Morgan fingerprint density at radius 2 is 2.00 bits per heavy atom. The molecule has 2 aromatic heterocycles. The molecule has 0 saturated heterocycles. The van der Waals surface area contributed by atoms with Crippen LogP contribution < -0.4 is 11.3 Å². The van der Waals surface area contributed by atoms with Crippen molar-refractivity contribution in [2.24, 2.45) is 0 Å². The number of H-pyrrole nitrogens is 1. The van der Waals surface area contributed by atoms with Gasteiger partial charge in [-0.3, -0.25) is 4.79 Å². The molecule has 0 bridgehead atoms. The van der Waals surface area contributed by atoms with Gasteiger partial charge in [0.15, 0.2) is 0 Å². The van der Waals surface area contributed by atoms with Crippen molar-refractivity contribution >= 4 is 39.4 Å². The summed E-state index contributed by atoms with van der Waals surface area (Å²) >= 11 is 6.17. The summed E-state index contributed by atoms with van der Waals surface area (Å²) < 4.78 is 5.56. The Labute approximate surface area is 129 Å². The first-order chi connectivity index (χ1) is 10.6. The van der Waals surface area contributed by atoms with Gasteiger partial charge < -0.3 is 15.1 Å². The van der Waals surface area contributed by atoms with Crippen LogP contribution in [0, 0.1) is 0 Å². The lowest BCUT2D eigenvalue weighted by Crippen LogP contribution is -2.08. The fraction of sp³-hybridized carbons (Fsp3) is 0. The molecule has 2 aromatic carbocycles. The number of anilines is 1. The molecule has 0 amide bonds. The third kappa shape index (κ3) is 1.87. The molecular formula is C16H10ClN3O2. The molecule has 4 rings (SSSR count). The molecule has 6 heteroatoms. The SMILES string of the molecule is Nc1ccc2oc3c(=O)[nH]c(-c4ccccc4Cl)nc3c2c1. The third-order valence-corrected chi connectivity index (χ3v) is 3.81. The predicted molar refractivity (Wildman–Crippen MR) is 87.0 cm³/mol. The first-order valence-electron chi connectivity index (χ1n) is 6.60. The van der Waals surface area contributed by atoms with Gasteiger partial charge in [0.2, 0.25) is 5.58 Å². The summed E-state index contributed by atoms with van der Waals surface area (Å²) in [5.74, 6) is 0.397. The maximum atomic E-state index is 12.3. The number of hydrogen-bond acceptors (Lipinski definition) is 4. The zero-order valence-corrected chi connectivity index (χ0v) is 12.0. The second-order valence-electron chi connectivity index (χ2n) is 4.93. The summed E-state index contributed by atoms with van der Waals surface area (Å²) in [7, 11) is 0. The zero-order chi connectivity index (χ0) is 15.3.